The zero-order chi connectivity index (χ0) is 17.8. The highest BCUT2D eigenvalue weighted by Crippen LogP contribution is 2.24. The summed E-state index contributed by atoms with van der Waals surface area (Å²) in [4.78, 5) is 27.2. The molecule has 1 N–H and O–H groups in total. The van der Waals surface area contributed by atoms with Gasteiger partial charge in [-0.15, -0.1) is 0 Å². The molecule has 2 heterocycles. The summed E-state index contributed by atoms with van der Waals surface area (Å²) < 4.78 is 5.50. The van der Waals surface area contributed by atoms with E-state index in [1.54, 1.807) is 17.0 Å². The molecule has 0 radical (unpaired) electrons. The topological polar surface area (TPSA) is 82.4 Å². The van der Waals surface area contributed by atoms with Crippen molar-refractivity contribution >= 4 is 17.5 Å². The summed E-state index contributed by atoms with van der Waals surface area (Å²) in [6.45, 7) is 3.09. The van der Waals surface area contributed by atoms with E-state index in [9.17, 15) is 9.59 Å². The van der Waals surface area contributed by atoms with Crippen molar-refractivity contribution < 1.29 is 14.3 Å². The number of nitrogens with zero attached hydrogens (tertiary/aromatic N) is 2. The Morgan fingerprint density at radius 1 is 1.28 bits per heavy atom. The van der Waals surface area contributed by atoms with Gasteiger partial charge in [0.1, 0.15) is 12.1 Å². The van der Waals surface area contributed by atoms with Crippen LogP contribution >= 0.6 is 0 Å². The van der Waals surface area contributed by atoms with Gasteiger partial charge in [-0.05, 0) is 56.7 Å². The molecule has 6 nitrogen and oxygen atoms in total. The first-order chi connectivity index (χ1) is 12.1. The number of aryl methyl sites for hydroxylation is 1. The lowest BCUT2D eigenvalue weighted by Gasteiger charge is -2.36. The second kappa shape index (κ2) is 7.66. The molecule has 0 bridgehead atoms. The number of hydrogen-bond donors (Lipinski definition) is 1. The Balaban J connectivity index is 1.75. The van der Waals surface area contributed by atoms with Crippen molar-refractivity contribution in [1.29, 1.82) is 5.26 Å². The number of nitriles is 1. The molecule has 2 atom stereocenters. The number of carbonyl (C=O) groups excluding carboxylic acids is 2. The van der Waals surface area contributed by atoms with Gasteiger partial charge in [0.05, 0.1) is 11.6 Å². The van der Waals surface area contributed by atoms with Gasteiger partial charge < -0.3 is 15.0 Å². The molecule has 1 aromatic rings. The van der Waals surface area contributed by atoms with Crippen LogP contribution in [0.5, 0.6) is 0 Å². The van der Waals surface area contributed by atoms with Gasteiger partial charge in [-0.1, -0.05) is 6.07 Å². The molecule has 0 saturated carbocycles. The molecule has 2 saturated heterocycles. The standard InChI is InChI=1S/C19H23N3O3/c1-13-7-8-14(12-20)11-15(13)21-18(23)16-5-2-3-9-22(16)19(24)17-6-4-10-25-17/h7-8,11,16-17H,2-6,9-10H2,1H3,(H,21,23)/t16-,17+/m0/s1. The minimum absolute atomic E-state index is 0.0696. The first-order valence-electron chi connectivity index (χ1n) is 8.84. The second-order valence-corrected chi connectivity index (χ2v) is 6.68. The van der Waals surface area contributed by atoms with E-state index in [1.165, 1.54) is 0 Å². The molecule has 1 aromatic carbocycles. The zero-order valence-corrected chi connectivity index (χ0v) is 14.5. The van der Waals surface area contributed by atoms with Crippen LogP contribution in [0.2, 0.25) is 0 Å². The second-order valence-electron chi connectivity index (χ2n) is 6.68. The number of piperidine rings is 1. The average Bonchev–Trinajstić information content (AvgIpc) is 3.17. The number of anilines is 1. The van der Waals surface area contributed by atoms with Crippen LogP contribution in [-0.2, 0) is 14.3 Å². The summed E-state index contributed by atoms with van der Waals surface area (Å²) in [5.41, 5.74) is 2.01. The van der Waals surface area contributed by atoms with E-state index in [2.05, 4.69) is 11.4 Å². The Labute approximate surface area is 147 Å². The third-order valence-corrected chi connectivity index (χ3v) is 4.92. The molecule has 0 aromatic heterocycles. The molecule has 132 valence electrons. The van der Waals surface area contributed by atoms with E-state index in [-0.39, 0.29) is 11.8 Å². The normalized spacial score (nSPS) is 23.1. The fourth-order valence-corrected chi connectivity index (χ4v) is 3.47. The largest absolute Gasteiger partial charge is 0.368 e. The molecule has 2 fully saturated rings. The van der Waals surface area contributed by atoms with Crippen LogP contribution in [0.4, 0.5) is 5.69 Å². The quantitative estimate of drug-likeness (QED) is 0.915. The van der Waals surface area contributed by atoms with E-state index < -0.39 is 12.1 Å². The van der Waals surface area contributed by atoms with Gasteiger partial charge in [0.2, 0.25) is 5.91 Å². The van der Waals surface area contributed by atoms with E-state index in [1.807, 2.05) is 13.0 Å². The Kier molecular flexibility index (Phi) is 5.34. The number of nitrogens with one attached hydrogen (secondary N) is 1. The summed E-state index contributed by atoms with van der Waals surface area (Å²) in [7, 11) is 0. The van der Waals surface area contributed by atoms with E-state index in [0.29, 0.717) is 30.8 Å². The van der Waals surface area contributed by atoms with Crippen molar-refractivity contribution in [3.8, 4) is 6.07 Å². The van der Waals surface area contributed by atoms with Crippen LogP contribution < -0.4 is 5.32 Å². The molecule has 2 aliphatic rings. The van der Waals surface area contributed by atoms with Crippen LogP contribution in [0.1, 0.15) is 43.2 Å². The van der Waals surface area contributed by atoms with Crippen LogP contribution in [0.25, 0.3) is 0 Å². The maximum absolute atomic E-state index is 12.8. The van der Waals surface area contributed by atoms with Crippen LogP contribution in [0.3, 0.4) is 0 Å². The monoisotopic (exact) mass is 341 g/mol. The number of amides is 2. The smallest absolute Gasteiger partial charge is 0.252 e. The number of benzene rings is 1. The van der Waals surface area contributed by atoms with Crippen LogP contribution in [0.15, 0.2) is 18.2 Å². The van der Waals surface area contributed by atoms with Crippen molar-refractivity contribution in [3.05, 3.63) is 29.3 Å². The predicted molar refractivity (Wildman–Crippen MR) is 92.8 cm³/mol. The predicted octanol–water partition coefficient (Wildman–Crippen LogP) is 2.37. The summed E-state index contributed by atoms with van der Waals surface area (Å²) in [6.07, 6.45) is 3.70. The van der Waals surface area contributed by atoms with Crippen molar-refractivity contribution in [3.63, 3.8) is 0 Å². The SMILES string of the molecule is Cc1ccc(C#N)cc1NC(=O)[C@@H]1CCCCN1C(=O)[C@H]1CCCO1. The minimum atomic E-state index is -0.476. The lowest BCUT2D eigenvalue weighted by atomic mass is 9.99. The number of likely N-dealkylation sites (tertiary alicyclic amines) is 1. The number of hydrogen-bond acceptors (Lipinski definition) is 4. The number of rotatable bonds is 3. The Morgan fingerprint density at radius 3 is 2.84 bits per heavy atom. The fraction of sp³-hybridized carbons (Fsp3) is 0.526. The maximum atomic E-state index is 12.8. The fourth-order valence-electron chi connectivity index (χ4n) is 3.47. The van der Waals surface area contributed by atoms with Gasteiger partial charge in [0.25, 0.3) is 5.91 Å². The van der Waals surface area contributed by atoms with Gasteiger partial charge in [0.15, 0.2) is 0 Å². The van der Waals surface area contributed by atoms with Gasteiger partial charge in [-0.2, -0.15) is 5.26 Å². The Hall–Kier alpha value is -2.39. The molecule has 0 aliphatic carbocycles. The van der Waals surface area contributed by atoms with E-state index in [4.69, 9.17) is 10.00 Å². The summed E-state index contributed by atoms with van der Waals surface area (Å²) in [5.74, 6) is -0.260. The molecule has 6 heteroatoms. The van der Waals surface area contributed by atoms with Gasteiger partial charge in [-0.3, -0.25) is 9.59 Å². The lowest BCUT2D eigenvalue weighted by Crippen LogP contribution is -2.53. The molecule has 25 heavy (non-hydrogen) atoms. The molecule has 2 amide bonds. The first kappa shape index (κ1) is 17.4. The van der Waals surface area contributed by atoms with Crippen molar-refractivity contribution in [2.24, 2.45) is 0 Å². The van der Waals surface area contributed by atoms with Gasteiger partial charge in [-0.25, -0.2) is 0 Å². The molecule has 3 rings (SSSR count). The highest BCUT2D eigenvalue weighted by Gasteiger charge is 2.37. The lowest BCUT2D eigenvalue weighted by molar-refractivity contribution is -0.148. The summed E-state index contributed by atoms with van der Waals surface area (Å²) in [5, 5.41) is 11.9. The Morgan fingerprint density at radius 2 is 2.12 bits per heavy atom. The highest BCUT2D eigenvalue weighted by atomic mass is 16.5. The number of carbonyl (C=O) groups is 2. The van der Waals surface area contributed by atoms with Crippen molar-refractivity contribution in [2.75, 3.05) is 18.5 Å². The zero-order valence-electron chi connectivity index (χ0n) is 14.5. The molecular weight excluding hydrogens is 318 g/mol. The third-order valence-electron chi connectivity index (χ3n) is 4.92. The van der Waals surface area contributed by atoms with Crippen molar-refractivity contribution in [2.45, 2.75) is 51.2 Å². The minimum Gasteiger partial charge on any atom is -0.368 e. The van der Waals surface area contributed by atoms with Crippen molar-refractivity contribution in [1.82, 2.24) is 4.90 Å². The molecule has 0 unspecified atom stereocenters. The molecular formula is C19H23N3O3. The molecule has 0 spiro atoms. The van der Waals surface area contributed by atoms with Gasteiger partial charge in [0, 0.05) is 18.8 Å². The summed E-state index contributed by atoms with van der Waals surface area (Å²) in [6, 6.07) is 6.80. The first-order valence-corrected chi connectivity index (χ1v) is 8.84. The molecule has 2 aliphatic heterocycles. The summed E-state index contributed by atoms with van der Waals surface area (Å²) >= 11 is 0. The van der Waals surface area contributed by atoms with Crippen LogP contribution in [-0.4, -0.2) is 42.0 Å². The van der Waals surface area contributed by atoms with E-state index in [0.717, 1.165) is 31.2 Å². The van der Waals surface area contributed by atoms with Crippen LogP contribution in [0, 0.1) is 18.3 Å². The maximum Gasteiger partial charge on any atom is 0.252 e. The third kappa shape index (κ3) is 3.83. The van der Waals surface area contributed by atoms with Gasteiger partial charge >= 0.3 is 0 Å². The Bertz CT molecular complexity index is 704. The average molecular weight is 341 g/mol. The van der Waals surface area contributed by atoms with E-state index >= 15 is 0 Å². The number of ether oxygens (including phenoxy) is 1. The highest BCUT2D eigenvalue weighted by molar-refractivity contribution is 5.98.